The van der Waals surface area contributed by atoms with Crippen molar-refractivity contribution in [3.8, 4) is 0 Å². The summed E-state index contributed by atoms with van der Waals surface area (Å²) in [6, 6.07) is 27.2. The van der Waals surface area contributed by atoms with Crippen LogP contribution < -0.4 is 0 Å². The molecule has 32 heavy (non-hydrogen) atoms. The predicted octanol–water partition coefficient (Wildman–Crippen LogP) is 5.02. The van der Waals surface area contributed by atoms with Crippen LogP contribution in [0.2, 0.25) is 0 Å². The number of carboxylic acids is 2. The van der Waals surface area contributed by atoms with E-state index in [4.69, 9.17) is 10.2 Å². The number of rotatable bonds is 4. The molecular weight excluding hydrogens is 408 g/mol. The molecule has 0 unspecified atom stereocenters. The molecule has 0 spiro atoms. The molecule has 0 radical (unpaired) electrons. The largest absolute Gasteiger partial charge is 0.478 e. The van der Waals surface area contributed by atoms with Gasteiger partial charge in [0.25, 0.3) is 0 Å². The summed E-state index contributed by atoms with van der Waals surface area (Å²) in [6.07, 6.45) is 2.90. The lowest BCUT2D eigenvalue weighted by Crippen LogP contribution is -1.91. The molecule has 4 rings (SSSR count). The van der Waals surface area contributed by atoms with Crippen LogP contribution in [0.25, 0.3) is 21.5 Å². The van der Waals surface area contributed by atoms with E-state index in [9.17, 15) is 19.2 Å². The van der Waals surface area contributed by atoms with Crippen LogP contribution in [-0.4, -0.2) is 34.7 Å². The number of carbonyl (C=O) groups excluding carboxylic acids is 2. The van der Waals surface area contributed by atoms with Gasteiger partial charge in [-0.3, -0.25) is 9.59 Å². The Balaban J connectivity index is 0.000000175. The summed E-state index contributed by atoms with van der Waals surface area (Å²) < 4.78 is 0. The van der Waals surface area contributed by atoms with E-state index in [-0.39, 0.29) is 0 Å². The quantitative estimate of drug-likeness (QED) is 0.349. The Morgan fingerprint density at radius 2 is 0.875 bits per heavy atom. The molecule has 0 atom stereocenters. The molecule has 0 aromatic heterocycles. The second kappa shape index (κ2) is 12.2. The molecule has 0 saturated carbocycles. The molecule has 4 aromatic carbocycles. The highest BCUT2D eigenvalue weighted by atomic mass is 16.4. The van der Waals surface area contributed by atoms with Crippen LogP contribution in [0, 0.1) is 0 Å². The van der Waals surface area contributed by atoms with E-state index in [1.54, 1.807) is 0 Å². The van der Waals surface area contributed by atoms with Crippen molar-refractivity contribution in [3.05, 3.63) is 108 Å². The van der Waals surface area contributed by atoms with Crippen molar-refractivity contribution in [2.45, 2.75) is 0 Å². The van der Waals surface area contributed by atoms with Crippen molar-refractivity contribution in [1.82, 2.24) is 0 Å². The Kier molecular flexibility index (Phi) is 9.03. The molecule has 0 aliphatic rings. The Hall–Kier alpha value is -4.58. The van der Waals surface area contributed by atoms with E-state index >= 15 is 0 Å². The molecule has 6 nitrogen and oxygen atoms in total. The van der Waals surface area contributed by atoms with Gasteiger partial charge in [-0.1, -0.05) is 84.9 Å². The first-order chi connectivity index (χ1) is 15.5. The zero-order chi connectivity index (χ0) is 23.3. The van der Waals surface area contributed by atoms with Gasteiger partial charge in [0.05, 0.1) is 0 Å². The fraction of sp³-hybridized carbons (Fsp3) is 0. The average molecular weight is 428 g/mol. The minimum absolute atomic E-state index is 0.558. The van der Waals surface area contributed by atoms with Crippen LogP contribution in [0.4, 0.5) is 0 Å². The Labute approximate surface area is 184 Å². The molecule has 0 aliphatic heterocycles. The number of hydrogen-bond acceptors (Lipinski definition) is 4. The van der Waals surface area contributed by atoms with Gasteiger partial charge in [0.2, 0.25) is 0 Å². The first-order valence-corrected chi connectivity index (χ1v) is 9.46. The first-order valence-electron chi connectivity index (χ1n) is 9.46. The number of aldehydes is 2. The van der Waals surface area contributed by atoms with Gasteiger partial charge < -0.3 is 10.2 Å². The highest BCUT2D eigenvalue weighted by Crippen LogP contribution is 2.17. The number of hydrogen-bond donors (Lipinski definition) is 2. The first kappa shape index (κ1) is 23.7. The number of benzene rings is 4. The molecule has 4 aromatic rings. The minimum Gasteiger partial charge on any atom is -0.478 e. The Morgan fingerprint density at radius 1 is 0.531 bits per heavy atom. The third kappa shape index (κ3) is 7.03. The maximum absolute atomic E-state index is 10.6. The maximum Gasteiger partial charge on any atom is 0.328 e. The van der Waals surface area contributed by atoms with Gasteiger partial charge in [0.1, 0.15) is 0 Å². The Bertz CT molecular complexity index is 1160. The topological polar surface area (TPSA) is 109 Å². The highest BCUT2D eigenvalue weighted by Gasteiger charge is 1.97. The molecule has 0 saturated heterocycles. The van der Waals surface area contributed by atoms with Gasteiger partial charge in [-0.25, -0.2) is 9.59 Å². The summed E-state index contributed by atoms with van der Waals surface area (Å²) >= 11 is 0. The fourth-order valence-corrected chi connectivity index (χ4v) is 2.85. The third-order valence-corrected chi connectivity index (χ3v) is 4.27. The monoisotopic (exact) mass is 428 g/mol. The summed E-state index contributed by atoms with van der Waals surface area (Å²) in [6.45, 7) is 0. The summed E-state index contributed by atoms with van der Waals surface area (Å²) in [5.74, 6) is -2.51. The number of aliphatic carboxylic acids is 2. The lowest BCUT2D eigenvalue weighted by Gasteiger charge is -1.98. The van der Waals surface area contributed by atoms with E-state index < -0.39 is 11.9 Å². The molecule has 160 valence electrons. The normalized spacial score (nSPS) is 9.88. The molecule has 0 bridgehead atoms. The summed E-state index contributed by atoms with van der Waals surface area (Å²) in [5.41, 5.74) is 1.52. The van der Waals surface area contributed by atoms with Gasteiger partial charge in [0, 0.05) is 23.3 Å². The van der Waals surface area contributed by atoms with Crippen molar-refractivity contribution in [2.75, 3.05) is 0 Å². The van der Waals surface area contributed by atoms with Crippen molar-refractivity contribution in [2.24, 2.45) is 0 Å². The molecule has 6 heteroatoms. The summed E-state index contributed by atoms with van der Waals surface area (Å²) in [5, 5.41) is 19.9. The number of carbonyl (C=O) groups is 4. The second-order valence-electron chi connectivity index (χ2n) is 6.38. The highest BCUT2D eigenvalue weighted by molar-refractivity contribution is 5.98. The second-order valence-corrected chi connectivity index (χ2v) is 6.38. The van der Waals surface area contributed by atoms with Crippen molar-refractivity contribution in [3.63, 3.8) is 0 Å². The molecule has 0 heterocycles. The van der Waals surface area contributed by atoms with Crippen molar-refractivity contribution >= 4 is 46.1 Å². The maximum atomic E-state index is 10.6. The smallest absolute Gasteiger partial charge is 0.328 e. The van der Waals surface area contributed by atoms with Crippen LogP contribution in [0.5, 0.6) is 0 Å². The van der Waals surface area contributed by atoms with Gasteiger partial charge >= 0.3 is 11.9 Å². The number of carboxylic acid groups (broad SMARTS) is 2. The molecular formula is C26H20O6. The van der Waals surface area contributed by atoms with Gasteiger partial charge in [-0.05, 0) is 21.5 Å². The number of fused-ring (bicyclic) bond motifs is 2. The molecule has 2 N–H and O–H groups in total. The van der Waals surface area contributed by atoms with Crippen molar-refractivity contribution in [1.29, 1.82) is 0 Å². The fourth-order valence-electron chi connectivity index (χ4n) is 2.85. The van der Waals surface area contributed by atoms with Crippen LogP contribution in [-0.2, 0) is 9.59 Å². The van der Waals surface area contributed by atoms with Gasteiger partial charge in [-0.2, -0.15) is 0 Å². The molecule has 0 aliphatic carbocycles. The Morgan fingerprint density at radius 3 is 1.22 bits per heavy atom. The summed E-state index contributed by atoms with van der Waals surface area (Å²) in [4.78, 5) is 40.3. The summed E-state index contributed by atoms with van der Waals surface area (Å²) in [7, 11) is 0. The van der Waals surface area contributed by atoms with Crippen LogP contribution >= 0.6 is 0 Å². The van der Waals surface area contributed by atoms with E-state index in [1.165, 1.54) is 0 Å². The zero-order valence-electron chi connectivity index (χ0n) is 16.9. The lowest BCUT2D eigenvalue weighted by molar-refractivity contribution is -0.134. The zero-order valence-corrected chi connectivity index (χ0v) is 16.9. The minimum atomic E-state index is -1.26. The van der Waals surface area contributed by atoms with E-state index in [2.05, 4.69) is 0 Å². The SMILES string of the molecule is O=C(O)/C=C\C(=O)O.O=Cc1cccc2ccccc12.O=Cc1cccc2ccccc12. The van der Waals surface area contributed by atoms with Crippen molar-refractivity contribution < 1.29 is 29.4 Å². The van der Waals surface area contributed by atoms with Crippen LogP contribution in [0.1, 0.15) is 20.7 Å². The lowest BCUT2D eigenvalue weighted by atomic mass is 10.1. The third-order valence-electron chi connectivity index (χ3n) is 4.27. The molecule has 0 amide bonds. The van der Waals surface area contributed by atoms with E-state index in [1.807, 2.05) is 84.9 Å². The standard InChI is InChI=1S/2C11H8O.C4H4O4/c2*12-8-10-6-3-5-9-4-1-2-7-11(9)10;5-3(6)1-2-4(7)8/h2*1-8H;1-2H,(H,5,6)(H,7,8)/b;;2-1-. The van der Waals surface area contributed by atoms with Gasteiger partial charge in [-0.15, -0.1) is 0 Å². The average Bonchev–Trinajstić information content (AvgIpc) is 2.82. The van der Waals surface area contributed by atoms with Crippen LogP contribution in [0.3, 0.4) is 0 Å². The van der Waals surface area contributed by atoms with Gasteiger partial charge in [0.15, 0.2) is 12.6 Å². The predicted molar refractivity (Wildman–Crippen MR) is 123 cm³/mol. The van der Waals surface area contributed by atoms with Crippen LogP contribution in [0.15, 0.2) is 97.1 Å². The molecule has 0 fully saturated rings. The van der Waals surface area contributed by atoms with E-state index in [0.717, 1.165) is 45.2 Å². The van der Waals surface area contributed by atoms with E-state index in [0.29, 0.717) is 12.2 Å².